The summed E-state index contributed by atoms with van der Waals surface area (Å²) in [6, 6.07) is 17.4. The molecule has 188 valence electrons. The summed E-state index contributed by atoms with van der Waals surface area (Å²) < 4.78 is 29.7. The first-order chi connectivity index (χ1) is 17.4. The van der Waals surface area contributed by atoms with Crippen LogP contribution in [0.1, 0.15) is 28.3 Å². The number of nitrogens with one attached hydrogen (secondary N) is 1. The molecule has 3 aromatic rings. The fourth-order valence-corrected chi connectivity index (χ4v) is 4.59. The topological polar surface area (TPSA) is 77.1 Å². The summed E-state index contributed by atoms with van der Waals surface area (Å²) in [5, 5.41) is 2.86. The number of esters is 1. The van der Waals surface area contributed by atoms with Crippen LogP contribution in [0.3, 0.4) is 0 Å². The van der Waals surface area contributed by atoms with Crippen LogP contribution in [0.25, 0.3) is 0 Å². The smallest absolute Gasteiger partial charge is 0.328 e. The Morgan fingerprint density at radius 3 is 2.31 bits per heavy atom. The SMILES string of the molecule is COC(=O)[C@H](Cc1ccccc1)NC(=O)N1CCc2cc(OC)c(OC)cc2[C@H]1c1ccc(F)cc1. The lowest BCUT2D eigenvalue weighted by atomic mass is 9.87. The summed E-state index contributed by atoms with van der Waals surface area (Å²) in [6.45, 7) is 0.385. The lowest BCUT2D eigenvalue weighted by molar-refractivity contribution is -0.142. The van der Waals surface area contributed by atoms with E-state index >= 15 is 0 Å². The molecule has 0 radical (unpaired) electrons. The van der Waals surface area contributed by atoms with E-state index in [1.165, 1.54) is 19.2 Å². The molecule has 36 heavy (non-hydrogen) atoms. The molecule has 0 spiro atoms. The van der Waals surface area contributed by atoms with Crippen LogP contribution in [0.15, 0.2) is 66.7 Å². The molecule has 1 heterocycles. The molecule has 8 heteroatoms. The minimum atomic E-state index is -0.870. The van der Waals surface area contributed by atoms with Gasteiger partial charge < -0.3 is 24.4 Å². The number of carbonyl (C=O) groups is 2. The maximum atomic E-state index is 13.7. The standard InChI is InChI=1S/C28H29FN2O5/c1-34-24-16-20-13-14-31(26(22(20)17-25(24)35-2)19-9-11-21(29)12-10-19)28(33)30-23(27(32)36-3)15-18-7-5-4-6-8-18/h4-12,16-17,23,26H,13-15H2,1-3H3,(H,30,33)/t23-,26+/m0/s1. The van der Waals surface area contributed by atoms with Gasteiger partial charge >= 0.3 is 12.0 Å². The number of hydrogen-bond donors (Lipinski definition) is 1. The molecule has 0 saturated carbocycles. The highest BCUT2D eigenvalue weighted by Crippen LogP contribution is 2.41. The molecule has 1 aliphatic rings. The van der Waals surface area contributed by atoms with E-state index in [4.69, 9.17) is 14.2 Å². The lowest BCUT2D eigenvalue weighted by Crippen LogP contribution is -2.52. The summed E-state index contributed by atoms with van der Waals surface area (Å²) >= 11 is 0. The quantitative estimate of drug-likeness (QED) is 0.498. The van der Waals surface area contributed by atoms with E-state index in [2.05, 4.69) is 5.32 Å². The zero-order chi connectivity index (χ0) is 25.7. The van der Waals surface area contributed by atoms with E-state index in [9.17, 15) is 14.0 Å². The first-order valence-electron chi connectivity index (χ1n) is 11.6. The van der Waals surface area contributed by atoms with E-state index in [0.29, 0.717) is 24.5 Å². The number of fused-ring (bicyclic) bond motifs is 1. The largest absolute Gasteiger partial charge is 0.493 e. The van der Waals surface area contributed by atoms with E-state index in [0.717, 1.165) is 22.3 Å². The maximum Gasteiger partial charge on any atom is 0.328 e. The van der Waals surface area contributed by atoms with E-state index < -0.39 is 24.1 Å². The number of rotatable bonds is 7. The highest BCUT2D eigenvalue weighted by Gasteiger charge is 2.35. The zero-order valence-electron chi connectivity index (χ0n) is 20.5. The summed E-state index contributed by atoms with van der Waals surface area (Å²) in [5.41, 5.74) is 3.47. The van der Waals surface area contributed by atoms with Crippen molar-refractivity contribution in [2.24, 2.45) is 0 Å². The normalized spacial score (nSPS) is 15.4. The Morgan fingerprint density at radius 2 is 1.67 bits per heavy atom. The van der Waals surface area contributed by atoms with Crippen LogP contribution >= 0.6 is 0 Å². The van der Waals surface area contributed by atoms with Gasteiger partial charge in [0.25, 0.3) is 0 Å². The van der Waals surface area contributed by atoms with Crippen LogP contribution < -0.4 is 14.8 Å². The second kappa shape index (κ2) is 11.1. The van der Waals surface area contributed by atoms with Crippen molar-refractivity contribution in [2.45, 2.75) is 24.9 Å². The van der Waals surface area contributed by atoms with Crippen LogP contribution in [0, 0.1) is 5.82 Å². The van der Waals surface area contributed by atoms with E-state index in [1.807, 2.05) is 42.5 Å². The molecule has 1 N–H and O–H groups in total. The molecule has 3 aromatic carbocycles. The number of hydrogen-bond acceptors (Lipinski definition) is 5. The van der Waals surface area contributed by atoms with E-state index in [1.54, 1.807) is 31.3 Å². The fraction of sp³-hybridized carbons (Fsp3) is 0.286. The summed E-state index contributed by atoms with van der Waals surface area (Å²) in [7, 11) is 4.42. The molecule has 2 amide bonds. The van der Waals surface area contributed by atoms with Crippen LogP contribution in [0.2, 0.25) is 0 Å². The Bertz CT molecular complexity index is 1220. The van der Waals surface area contributed by atoms with Crippen molar-refractivity contribution < 1.29 is 28.2 Å². The van der Waals surface area contributed by atoms with Crippen LogP contribution in [0.4, 0.5) is 9.18 Å². The van der Waals surface area contributed by atoms with Crippen molar-refractivity contribution in [3.05, 3.63) is 94.8 Å². The number of benzene rings is 3. The fourth-order valence-electron chi connectivity index (χ4n) is 4.59. The Morgan fingerprint density at radius 1 is 1.00 bits per heavy atom. The van der Waals surface area contributed by atoms with Crippen LogP contribution in [0.5, 0.6) is 11.5 Å². The third-order valence-corrected chi connectivity index (χ3v) is 6.39. The molecule has 0 saturated heterocycles. The molecule has 0 aromatic heterocycles. The number of urea groups is 1. The van der Waals surface area contributed by atoms with Gasteiger partial charge in [-0.05, 0) is 52.9 Å². The number of amides is 2. The van der Waals surface area contributed by atoms with Crippen molar-refractivity contribution in [2.75, 3.05) is 27.9 Å². The summed E-state index contributed by atoms with van der Waals surface area (Å²) in [5.74, 6) is 0.226. The number of halogens is 1. The Kier molecular flexibility index (Phi) is 7.73. The average Bonchev–Trinajstić information content (AvgIpc) is 2.91. The third kappa shape index (κ3) is 5.27. The van der Waals surface area contributed by atoms with Gasteiger partial charge in [0.2, 0.25) is 0 Å². The van der Waals surface area contributed by atoms with Gasteiger partial charge in [-0.1, -0.05) is 42.5 Å². The van der Waals surface area contributed by atoms with Gasteiger partial charge in [0.1, 0.15) is 11.9 Å². The van der Waals surface area contributed by atoms with Crippen LogP contribution in [-0.4, -0.2) is 50.8 Å². The lowest BCUT2D eigenvalue weighted by Gasteiger charge is -2.38. The average molecular weight is 493 g/mol. The van der Waals surface area contributed by atoms with Crippen LogP contribution in [-0.2, 0) is 22.4 Å². The summed E-state index contributed by atoms with van der Waals surface area (Å²) in [4.78, 5) is 27.8. The van der Waals surface area contributed by atoms with Crippen molar-refractivity contribution in [3.8, 4) is 11.5 Å². The number of carbonyl (C=O) groups excluding carboxylic acids is 2. The molecule has 2 atom stereocenters. The zero-order valence-corrected chi connectivity index (χ0v) is 20.5. The molecular weight excluding hydrogens is 463 g/mol. The third-order valence-electron chi connectivity index (χ3n) is 6.39. The second-order valence-corrected chi connectivity index (χ2v) is 8.52. The number of nitrogens with zero attached hydrogens (tertiary/aromatic N) is 1. The first kappa shape index (κ1) is 25.0. The molecule has 0 unspecified atom stereocenters. The molecular formula is C28H29FN2O5. The number of methoxy groups -OCH3 is 3. The molecule has 7 nitrogen and oxygen atoms in total. The van der Waals surface area contributed by atoms with Gasteiger partial charge in [0.15, 0.2) is 11.5 Å². The highest BCUT2D eigenvalue weighted by molar-refractivity contribution is 5.84. The Labute approximate surface area is 209 Å². The Balaban J connectivity index is 1.70. The van der Waals surface area contributed by atoms with Gasteiger partial charge in [-0.3, -0.25) is 0 Å². The molecule has 0 aliphatic carbocycles. The van der Waals surface area contributed by atoms with Gasteiger partial charge in [0.05, 0.1) is 27.4 Å². The minimum absolute atomic E-state index is 0.288. The monoisotopic (exact) mass is 492 g/mol. The van der Waals surface area contributed by atoms with Gasteiger partial charge in [-0.2, -0.15) is 0 Å². The Hall–Kier alpha value is -4.07. The predicted molar refractivity (Wildman–Crippen MR) is 133 cm³/mol. The van der Waals surface area contributed by atoms with Crippen molar-refractivity contribution in [1.29, 1.82) is 0 Å². The first-order valence-corrected chi connectivity index (χ1v) is 11.6. The molecule has 0 fully saturated rings. The maximum absolute atomic E-state index is 13.7. The number of ether oxygens (including phenoxy) is 3. The second-order valence-electron chi connectivity index (χ2n) is 8.52. The highest BCUT2D eigenvalue weighted by atomic mass is 19.1. The minimum Gasteiger partial charge on any atom is -0.493 e. The van der Waals surface area contributed by atoms with Gasteiger partial charge in [0, 0.05) is 13.0 Å². The predicted octanol–water partition coefficient (Wildman–Crippen LogP) is 4.28. The molecule has 1 aliphatic heterocycles. The summed E-state index contributed by atoms with van der Waals surface area (Å²) in [6.07, 6.45) is 0.859. The van der Waals surface area contributed by atoms with Crippen molar-refractivity contribution in [1.82, 2.24) is 10.2 Å². The van der Waals surface area contributed by atoms with Crippen molar-refractivity contribution >= 4 is 12.0 Å². The van der Waals surface area contributed by atoms with Crippen molar-refractivity contribution in [3.63, 3.8) is 0 Å². The van der Waals surface area contributed by atoms with Gasteiger partial charge in [-0.25, -0.2) is 14.0 Å². The van der Waals surface area contributed by atoms with E-state index in [-0.39, 0.29) is 12.2 Å². The molecule has 4 rings (SSSR count). The molecule has 0 bridgehead atoms. The van der Waals surface area contributed by atoms with Gasteiger partial charge in [-0.15, -0.1) is 0 Å².